The van der Waals surface area contributed by atoms with Crippen molar-refractivity contribution in [2.75, 3.05) is 51.8 Å². The molecule has 2 aliphatic rings. The lowest BCUT2D eigenvalue weighted by Gasteiger charge is -2.34. The van der Waals surface area contributed by atoms with Gasteiger partial charge in [-0.1, -0.05) is 0 Å². The van der Waals surface area contributed by atoms with Gasteiger partial charge in [-0.15, -0.1) is 11.3 Å². The number of hydrogen-bond acceptors (Lipinski definition) is 9. The highest BCUT2D eigenvalue weighted by Crippen LogP contribution is 2.41. The van der Waals surface area contributed by atoms with Gasteiger partial charge >= 0.3 is 6.18 Å². The predicted octanol–water partition coefficient (Wildman–Crippen LogP) is 3.12. The van der Waals surface area contributed by atoms with Gasteiger partial charge in [-0.25, -0.2) is 32.1 Å². The largest absolute Gasteiger partial charge is 0.434 e. The quantitative estimate of drug-likeness (QED) is 0.512. The second kappa shape index (κ2) is 11.0. The molecular formula is C22H31F4N7O2S2. The van der Waals surface area contributed by atoms with E-state index >= 15 is 0 Å². The smallest absolute Gasteiger partial charge is 0.351 e. The number of aromatic nitrogens is 3. The second-order valence-corrected chi connectivity index (χ2v) is 12.8. The summed E-state index contributed by atoms with van der Waals surface area (Å²) in [6.45, 7) is 2.34. The van der Waals surface area contributed by atoms with Gasteiger partial charge in [0.05, 0.1) is 23.9 Å². The van der Waals surface area contributed by atoms with Crippen LogP contribution in [0.5, 0.6) is 0 Å². The highest BCUT2D eigenvalue weighted by atomic mass is 32.2. The fourth-order valence-electron chi connectivity index (χ4n) is 4.68. The van der Waals surface area contributed by atoms with Crippen molar-refractivity contribution in [3.8, 4) is 10.6 Å². The molecule has 2 saturated heterocycles. The van der Waals surface area contributed by atoms with Gasteiger partial charge in [0.2, 0.25) is 16.0 Å². The van der Waals surface area contributed by atoms with Crippen molar-refractivity contribution in [1.29, 1.82) is 0 Å². The van der Waals surface area contributed by atoms with Crippen LogP contribution < -0.4 is 5.32 Å². The molecule has 37 heavy (non-hydrogen) atoms. The third kappa shape index (κ3) is 6.93. The molecule has 1 N–H and O–H groups in total. The molecule has 206 valence electrons. The Morgan fingerprint density at radius 1 is 1.11 bits per heavy atom. The summed E-state index contributed by atoms with van der Waals surface area (Å²) in [5.74, 6) is -0.979. The molecule has 0 saturated carbocycles. The van der Waals surface area contributed by atoms with Crippen molar-refractivity contribution >= 4 is 27.3 Å². The first-order valence-electron chi connectivity index (χ1n) is 12.0. The number of likely N-dealkylation sites (tertiary alicyclic amines) is 1. The zero-order chi connectivity index (χ0) is 27.0. The summed E-state index contributed by atoms with van der Waals surface area (Å²) in [7, 11) is 0.732. The minimum absolute atomic E-state index is 0.0111. The Kier molecular flexibility index (Phi) is 8.38. The lowest BCUT2D eigenvalue weighted by molar-refractivity contribution is -0.140. The van der Waals surface area contributed by atoms with Gasteiger partial charge in [-0.2, -0.15) is 13.2 Å². The molecule has 0 aliphatic carbocycles. The summed E-state index contributed by atoms with van der Waals surface area (Å²) in [5.41, 5.74) is -1.60. The van der Waals surface area contributed by atoms with Crippen molar-refractivity contribution in [3.63, 3.8) is 0 Å². The van der Waals surface area contributed by atoms with E-state index in [-0.39, 0.29) is 28.4 Å². The van der Waals surface area contributed by atoms with Crippen LogP contribution in [0.4, 0.5) is 23.5 Å². The van der Waals surface area contributed by atoms with Crippen molar-refractivity contribution < 1.29 is 26.0 Å². The normalized spacial score (nSPS) is 19.6. The molecule has 15 heteroatoms. The fourth-order valence-corrected chi connectivity index (χ4v) is 6.67. The molecule has 0 unspecified atom stereocenters. The molecule has 4 heterocycles. The van der Waals surface area contributed by atoms with Crippen LogP contribution in [0.3, 0.4) is 0 Å². The summed E-state index contributed by atoms with van der Waals surface area (Å²) >= 11 is 0.798. The number of nitrogens with zero attached hydrogens (tertiary/aromatic N) is 6. The summed E-state index contributed by atoms with van der Waals surface area (Å²) in [5, 5.41) is 3.27. The maximum atomic E-state index is 14.7. The van der Waals surface area contributed by atoms with Gasteiger partial charge < -0.3 is 10.2 Å². The Balaban J connectivity index is 1.52. The first-order chi connectivity index (χ1) is 17.3. The minimum atomic E-state index is -4.77. The number of thiazole rings is 1. The fraction of sp³-hybridized carbons (Fsp3) is 0.682. The summed E-state index contributed by atoms with van der Waals surface area (Å²) in [6, 6.07) is 0.244. The lowest BCUT2D eigenvalue weighted by atomic mass is 10.0. The van der Waals surface area contributed by atoms with E-state index in [1.165, 1.54) is 4.31 Å². The third-order valence-corrected chi connectivity index (χ3v) is 9.15. The van der Waals surface area contributed by atoms with Crippen molar-refractivity contribution in [3.05, 3.63) is 22.7 Å². The predicted molar refractivity (Wildman–Crippen MR) is 133 cm³/mol. The van der Waals surface area contributed by atoms with E-state index in [0.717, 1.165) is 49.7 Å². The first kappa shape index (κ1) is 28.1. The molecule has 0 atom stereocenters. The van der Waals surface area contributed by atoms with Gasteiger partial charge in [-0.3, -0.25) is 4.90 Å². The Morgan fingerprint density at radius 2 is 1.76 bits per heavy atom. The molecule has 0 aromatic carbocycles. The highest BCUT2D eigenvalue weighted by molar-refractivity contribution is 7.88. The molecular weight excluding hydrogens is 534 g/mol. The molecule has 4 rings (SSSR count). The Morgan fingerprint density at radius 3 is 2.32 bits per heavy atom. The Labute approximate surface area is 218 Å². The number of anilines is 1. The Hall–Kier alpha value is -1.94. The van der Waals surface area contributed by atoms with Crippen LogP contribution in [0, 0.1) is 5.82 Å². The highest BCUT2D eigenvalue weighted by Gasteiger charge is 2.39. The number of alkyl halides is 3. The van der Waals surface area contributed by atoms with E-state index in [2.05, 4.69) is 30.1 Å². The van der Waals surface area contributed by atoms with Gasteiger partial charge in [-0.05, 0) is 39.8 Å². The lowest BCUT2D eigenvalue weighted by Crippen LogP contribution is -2.42. The third-order valence-electron chi connectivity index (χ3n) is 6.80. The zero-order valence-electron chi connectivity index (χ0n) is 20.9. The van der Waals surface area contributed by atoms with Crippen LogP contribution in [0.1, 0.15) is 36.4 Å². The molecule has 2 aromatic heterocycles. The SMILES string of the molecule is CN(C)C1CCN(Cc2nc(C(F)(F)F)c(-c3nc(NC4CCN(S(C)(=O)=O)CC4)ncc3F)s2)CC1. The number of sulfonamides is 1. The van der Waals surface area contributed by atoms with Crippen LogP contribution in [0.15, 0.2) is 6.20 Å². The van der Waals surface area contributed by atoms with Gasteiger partial charge in [0.15, 0.2) is 11.5 Å². The van der Waals surface area contributed by atoms with E-state index < -0.39 is 33.4 Å². The summed E-state index contributed by atoms with van der Waals surface area (Å²) in [4.78, 5) is 15.7. The van der Waals surface area contributed by atoms with E-state index in [4.69, 9.17) is 0 Å². The summed E-state index contributed by atoms with van der Waals surface area (Å²) < 4.78 is 81.2. The topological polar surface area (TPSA) is 94.6 Å². The van der Waals surface area contributed by atoms with Crippen molar-refractivity contribution in [2.24, 2.45) is 0 Å². The van der Waals surface area contributed by atoms with Crippen molar-refractivity contribution in [2.45, 2.75) is 50.5 Å². The van der Waals surface area contributed by atoms with Crippen LogP contribution in [0.25, 0.3) is 10.6 Å². The number of hydrogen-bond donors (Lipinski definition) is 1. The van der Waals surface area contributed by atoms with E-state index in [1.807, 2.05) is 14.1 Å². The van der Waals surface area contributed by atoms with Gasteiger partial charge in [0.1, 0.15) is 10.7 Å². The first-order valence-corrected chi connectivity index (χ1v) is 14.7. The van der Waals surface area contributed by atoms with Crippen LogP contribution >= 0.6 is 11.3 Å². The maximum Gasteiger partial charge on any atom is 0.434 e. The Bertz CT molecular complexity index is 1190. The zero-order valence-corrected chi connectivity index (χ0v) is 22.6. The average Bonchev–Trinajstić information content (AvgIpc) is 3.24. The van der Waals surface area contributed by atoms with Crippen LogP contribution in [-0.4, -0.2) is 96.1 Å². The molecule has 0 spiro atoms. The van der Waals surface area contributed by atoms with E-state index in [9.17, 15) is 26.0 Å². The molecule has 0 radical (unpaired) electrons. The van der Waals surface area contributed by atoms with E-state index in [1.54, 1.807) is 0 Å². The maximum absolute atomic E-state index is 14.7. The standard InChI is InChI=1S/C22H31F4N7O2S2/c1-31(2)15-6-8-32(9-7-15)13-17-29-20(22(24,25)26)19(36-17)18-16(23)12-27-21(30-18)28-14-4-10-33(11-5-14)37(3,34)35/h12,14-15H,4-11,13H2,1-3H3,(H,27,28,30). The molecule has 9 nitrogen and oxygen atoms in total. The van der Waals surface area contributed by atoms with E-state index in [0.29, 0.717) is 32.0 Å². The molecule has 0 bridgehead atoms. The number of piperidine rings is 2. The second-order valence-electron chi connectivity index (χ2n) is 9.72. The molecule has 0 amide bonds. The molecule has 2 fully saturated rings. The monoisotopic (exact) mass is 565 g/mol. The average molecular weight is 566 g/mol. The van der Waals surface area contributed by atoms with Crippen molar-refractivity contribution in [1.82, 2.24) is 29.1 Å². The number of rotatable bonds is 7. The van der Waals surface area contributed by atoms with Crippen LogP contribution in [-0.2, 0) is 22.7 Å². The van der Waals surface area contributed by atoms with Gasteiger partial charge in [0, 0.05) is 38.3 Å². The number of nitrogens with one attached hydrogen (secondary N) is 1. The molecule has 2 aliphatic heterocycles. The van der Waals surface area contributed by atoms with Gasteiger partial charge in [0.25, 0.3) is 0 Å². The minimum Gasteiger partial charge on any atom is -0.351 e. The van der Waals surface area contributed by atoms with Crippen LogP contribution in [0.2, 0.25) is 0 Å². The number of halogens is 4. The molecule has 2 aromatic rings. The summed E-state index contributed by atoms with van der Waals surface area (Å²) in [6.07, 6.45) is -0.0266.